The summed E-state index contributed by atoms with van der Waals surface area (Å²) in [4.78, 5) is 23.5. The molecule has 0 radical (unpaired) electrons. The average Bonchev–Trinajstić information content (AvgIpc) is 3.04. The van der Waals surface area contributed by atoms with Crippen molar-refractivity contribution in [3.63, 3.8) is 0 Å². The van der Waals surface area contributed by atoms with Crippen LogP contribution >= 0.6 is 0 Å². The van der Waals surface area contributed by atoms with Crippen molar-refractivity contribution in [3.05, 3.63) is 23.8 Å². The first-order chi connectivity index (χ1) is 14.5. The largest absolute Gasteiger partial charge is 0.493 e. The molecule has 0 amide bonds. The van der Waals surface area contributed by atoms with Gasteiger partial charge in [0.05, 0.1) is 14.2 Å². The Balaban J connectivity index is 0.000000469. The molecule has 2 N–H and O–H groups in total. The van der Waals surface area contributed by atoms with E-state index in [0.29, 0.717) is 0 Å². The minimum Gasteiger partial charge on any atom is -0.493 e. The Kier molecular flexibility index (Phi) is 9.89. The molecule has 1 saturated heterocycles. The quantitative estimate of drug-likeness (QED) is 0.552. The van der Waals surface area contributed by atoms with Crippen molar-refractivity contribution in [1.82, 2.24) is 9.80 Å². The number of carbonyl (C=O) groups is 2. The molecule has 2 aliphatic rings. The molecule has 30 heavy (non-hydrogen) atoms. The van der Waals surface area contributed by atoms with Gasteiger partial charge in [-0.2, -0.15) is 0 Å². The molecule has 0 aromatic heterocycles. The molecule has 1 aromatic carbocycles. The number of hydrogen-bond acceptors (Lipinski definition) is 6. The van der Waals surface area contributed by atoms with Gasteiger partial charge in [-0.1, -0.05) is 37.8 Å². The standard InChI is InChI=1S/C20H32N2O2.C2H2O4/c1-23-19-11-7-8-17(20(19)24-2)16-21-12-14-22(15-13-21)18-9-5-3-4-6-10-18;3-1(4)2(5)6/h7-8,11,18H,3-6,9-10,12-16H2,1-2H3;(H,3,4)(H,5,6). The lowest BCUT2D eigenvalue weighted by Gasteiger charge is -2.39. The Bertz CT molecular complexity index is 668. The van der Waals surface area contributed by atoms with E-state index in [0.717, 1.165) is 37.2 Å². The Morgan fingerprint density at radius 1 is 0.933 bits per heavy atom. The summed E-state index contributed by atoms with van der Waals surface area (Å²) in [7, 11) is 3.43. The van der Waals surface area contributed by atoms with Crippen LogP contribution in [0.5, 0.6) is 11.5 Å². The second kappa shape index (κ2) is 12.4. The summed E-state index contributed by atoms with van der Waals surface area (Å²) in [6.45, 7) is 5.65. The summed E-state index contributed by atoms with van der Waals surface area (Å²) in [6, 6.07) is 7.00. The number of benzene rings is 1. The highest BCUT2D eigenvalue weighted by Gasteiger charge is 2.25. The fourth-order valence-corrected chi connectivity index (χ4v) is 4.23. The molecule has 0 bridgehead atoms. The highest BCUT2D eigenvalue weighted by atomic mass is 16.5. The number of hydrogen-bond donors (Lipinski definition) is 2. The van der Waals surface area contributed by atoms with Crippen molar-refractivity contribution in [2.24, 2.45) is 0 Å². The van der Waals surface area contributed by atoms with E-state index in [-0.39, 0.29) is 0 Å². The van der Waals surface area contributed by atoms with Crippen LogP contribution in [0.2, 0.25) is 0 Å². The molecule has 1 heterocycles. The smallest absolute Gasteiger partial charge is 0.414 e. The van der Waals surface area contributed by atoms with Crippen LogP contribution in [0.15, 0.2) is 18.2 Å². The monoisotopic (exact) mass is 422 g/mol. The van der Waals surface area contributed by atoms with Gasteiger partial charge in [0.1, 0.15) is 0 Å². The molecule has 2 fully saturated rings. The number of carboxylic acid groups (broad SMARTS) is 2. The van der Waals surface area contributed by atoms with Gasteiger partial charge in [0.25, 0.3) is 0 Å². The zero-order valence-corrected chi connectivity index (χ0v) is 18.0. The number of para-hydroxylation sites is 1. The Hall–Kier alpha value is -2.32. The zero-order chi connectivity index (χ0) is 21.9. The van der Waals surface area contributed by atoms with Crippen molar-refractivity contribution in [3.8, 4) is 11.5 Å². The van der Waals surface area contributed by atoms with Gasteiger partial charge in [0.15, 0.2) is 11.5 Å². The maximum absolute atomic E-state index is 9.10. The number of nitrogens with zero attached hydrogens (tertiary/aromatic N) is 2. The van der Waals surface area contributed by atoms with Crippen LogP contribution < -0.4 is 9.47 Å². The highest BCUT2D eigenvalue weighted by Crippen LogP contribution is 2.32. The number of rotatable bonds is 5. The van der Waals surface area contributed by atoms with Crippen molar-refractivity contribution in [1.29, 1.82) is 0 Å². The van der Waals surface area contributed by atoms with E-state index in [1.807, 2.05) is 6.07 Å². The molecule has 0 spiro atoms. The predicted molar refractivity (Wildman–Crippen MR) is 113 cm³/mol. The Labute approximate surface area is 178 Å². The molecule has 1 aliphatic carbocycles. The van der Waals surface area contributed by atoms with E-state index in [9.17, 15) is 0 Å². The third kappa shape index (κ3) is 7.18. The summed E-state index contributed by atoms with van der Waals surface area (Å²) in [5.74, 6) is -1.94. The summed E-state index contributed by atoms with van der Waals surface area (Å²) in [6.07, 6.45) is 8.53. The van der Waals surface area contributed by atoms with E-state index in [2.05, 4.69) is 21.9 Å². The molecule has 0 atom stereocenters. The molecule has 1 aliphatic heterocycles. The van der Waals surface area contributed by atoms with Crippen molar-refractivity contribution >= 4 is 11.9 Å². The summed E-state index contributed by atoms with van der Waals surface area (Å²) in [5, 5.41) is 14.8. The van der Waals surface area contributed by atoms with Gasteiger partial charge in [-0.3, -0.25) is 9.80 Å². The van der Waals surface area contributed by atoms with E-state index < -0.39 is 11.9 Å². The number of methoxy groups -OCH3 is 2. The number of piperazine rings is 1. The van der Waals surface area contributed by atoms with Gasteiger partial charge in [-0.25, -0.2) is 9.59 Å². The van der Waals surface area contributed by atoms with Crippen LogP contribution in [0, 0.1) is 0 Å². The molecule has 8 heteroatoms. The number of ether oxygens (including phenoxy) is 2. The number of carboxylic acids is 2. The van der Waals surface area contributed by atoms with Crippen LogP contribution in [0.4, 0.5) is 0 Å². The lowest BCUT2D eigenvalue weighted by atomic mass is 10.1. The summed E-state index contributed by atoms with van der Waals surface area (Å²) >= 11 is 0. The Morgan fingerprint density at radius 2 is 1.53 bits per heavy atom. The van der Waals surface area contributed by atoms with Crippen LogP contribution in [-0.4, -0.2) is 78.4 Å². The zero-order valence-electron chi connectivity index (χ0n) is 18.0. The second-order valence-electron chi connectivity index (χ2n) is 7.72. The average molecular weight is 423 g/mol. The fraction of sp³-hybridized carbons (Fsp3) is 0.636. The van der Waals surface area contributed by atoms with Crippen LogP contribution in [0.25, 0.3) is 0 Å². The maximum atomic E-state index is 9.10. The summed E-state index contributed by atoms with van der Waals surface area (Å²) < 4.78 is 11.0. The molecule has 8 nitrogen and oxygen atoms in total. The third-order valence-corrected chi connectivity index (χ3v) is 5.81. The normalized spacial score (nSPS) is 18.6. The van der Waals surface area contributed by atoms with E-state index in [1.165, 1.54) is 57.2 Å². The van der Waals surface area contributed by atoms with Gasteiger partial charge in [-0.15, -0.1) is 0 Å². The molecule has 168 valence electrons. The predicted octanol–water partition coefficient (Wildman–Crippen LogP) is 2.70. The lowest BCUT2D eigenvalue weighted by molar-refractivity contribution is -0.159. The van der Waals surface area contributed by atoms with Crippen LogP contribution in [-0.2, 0) is 16.1 Å². The minimum atomic E-state index is -1.82. The van der Waals surface area contributed by atoms with Gasteiger partial charge in [0.2, 0.25) is 0 Å². The molecular formula is C22H34N2O6. The van der Waals surface area contributed by atoms with Gasteiger partial charge < -0.3 is 19.7 Å². The van der Waals surface area contributed by atoms with E-state index >= 15 is 0 Å². The first-order valence-corrected chi connectivity index (χ1v) is 10.6. The highest BCUT2D eigenvalue weighted by molar-refractivity contribution is 6.27. The third-order valence-electron chi connectivity index (χ3n) is 5.81. The van der Waals surface area contributed by atoms with Gasteiger partial charge in [0, 0.05) is 44.3 Å². The lowest BCUT2D eigenvalue weighted by Crippen LogP contribution is -2.49. The molecule has 0 unspecified atom stereocenters. The minimum absolute atomic E-state index is 0.826. The number of aliphatic carboxylic acids is 2. The Morgan fingerprint density at radius 3 is 2.03 bits per heavy atom. The topological polar surface area (TPSA) is 99.5 Å². The first-order valence-electron chi connectivity index (χ1n) is 10.6. The van der Waals surface area contributed by atoms with Crippen LogP contribution in [0.3, 0.4) is 0 Å². The van der Waals surface area contributed by atoms with Crippen LogP contribution in [0.1, 0.15) is 44.1 Å². The van der Waals surface area contributed by atoms with Crippen molar-refractivity contribution in [2.75, 3.05) is 40.4 Å². The first kappa shape index (κ1) is 24.0. The molecule has 1 aromatic rings. The SMILES string of the molecule is COc1cccc(CN2CCN(C3CCCCCC3)CC2)c1OC.O=C(O)C(=O)O. The van der Waals surface area contributed by atoms with Crippen molar-refractivity contribution in [2.45, 2.75) is 51.1 Å². The van der Waals surface area contributed by atoms with Gasteiger partial charge in [-0.05, 0) is 18.9 Å². The van der Waals surface area contributed by atoms with Crippen molar-refractivity contribution < 1.29 is 29.3 Å². The molecule has 3 rings (SSSR count). The second-order valence-corrected chi connectivity index (χ2v) is 7.72. The molecular weight excluding hydrogens is 388 g/mol. The fourth-order valence-electron chi connectivity index (χ4n) is 4.23. The van der Waals surface area contributed by atoms with E-state index in [1.54, 1.807) is 14.2 Å². The van der Waals surface area contributed by atoms with Gasteiger partial charge >= 0.3 is 11.9 Å². The molecule has 1 saturated carbocycles. The summed E-state index contributed by atoms with van der Waals surface area (Å²) in [5.41, 5.74) is 1.22. The maximum Gasteiger partial charge on any atom is 0.414 e. The van der Waals surface area contributed by atoms with E-state index in [4.69, 9.17) is 29.3 Å².